The van der Waals surface area contributed by atoms with Crippen molar-refractivity contribution in [2.75, 3.05) is 0 Å². The highest BCUT2D eigenvalue weighted by Gasteiger charge is 1.87. The summed E-state index contributed by atoms with van der Waals surface area (Å²) in [5, 5.41) is 0. The fourth-order valence-electron chi connectivity index (χ4n) is 0.258. The van der Waals surface area contributed by atoms with Gasteiger partial charge < -0.3 is 4.80 Å². The fraction of sp³-hybridized carbons (Fsp3) is 1.00. The van der Waals surface area contributed by atoms with Crippen LogP contribution in [0.3, 0.4) is 0 Å². The van der Waals surface area contributed by atoms with Crippen molar-refractivity contribution in [2.45, 2.75) is 19.9 Å². The van der Waals surface area contributed by atoms with Gasteiger partial charge in [0.05, 0.1) is 0 Å². The highest BCUT2D eigenvalue weighted by atomic mass is 28.2. The zero-order valence-corrected chi connectivity index (χ0v) is 5.85. The molecule has 0 bridgehead atoms. The molecule has 0 rings (SSSR count). The molecule has 0 aliphatic carbocycles. The molecular weight excluding hydrogens is 92.1 g/mol. The van der Waals surface area contributed by atoms with Crippen molar-refractivity contribution in [3.05, 3.63) is 0 Å². The Morgan fingerprint density at radius 2 is 2.17 bits per heavy atom. The summed E-state index contributed by atoms with van der Waals surface area (Å²) in [6.07, 6.45) is 0. The summed E-state index contributed by atoms with van der Waals surface area (Å²) in [4.78, 5) is 8.38. The van der Waals surface area contributed by atoms with E-state index in [1.54, 1.807) is 0 Å². The minimum atomic E-state index is -0.633. The van der Waals surface area contributed by atoms with E-state index >= 15 is 0 Å². The maximum Gasteiger partial charge on any atom is 0.157 e. The summed E-state index contributed by atoms with van der Waals surface area (Å²) in [6, 6.07) is 1.07. The average molecular weight is 104 g/mol. The van der Waals surface area contributed by atoms with E-state index in [1.807, 2.05) is 0 Å². The van der Waals surface area contributed by atoms with Gasteiger partial charge in [0.25, 0.3) is 0 Å². The lowest BCUT2D eigenvalue weighted by atomic mass is 10.3. The first kappa shape index (κ1) is 6.18. The van der Waals surface area contributed by atoms with Crippen molar-refractivity contribution < 1.29 is 4.80 Å². The van der Waals surface area contributed by atoms with E-state index in [9.17, 15) is 0 Å². The highest BCUT2D eigenvalue weighted by Crippen LogP contribution is 1.95. The molecule has 0 amide bonds. The van der Waals surface area contributed by atoms with Crippen LogP contribution in [0.2, 0.25) is 6.04 Å². The molecule has 0 aliphatic heterocycles. The summed E-state index contributed by atoms with van der Waals surface area (Å²) in [6.45, 7) is 4.26. The minimum absolute atomic E-state index is 0.633. The Hall–Kier alpha value is 0.177. The molecule has 0 saturated heterocycles. The minimum Gasteiger partial charge on any atom is -0.438 e. The lowest BCUT2D eigenvalue weighted by Gasteiger charge is -1.94. The molecule has 0 radical (unpaired) electrons. The van der Waals surface area contributed by atoms with Gasteiger partial charge in [-0.25, -0.2) is 0 Å². The van der Waals surface area contributed by atoms with Crippen LogP contribution in [0.4, 0.5) is 0 Å². The molecule has 0 aromatic carbocycles. The van der Waals surface area contributed by atoms with Crippen molar-refractivity contribution in [3.63, 3.8) is 0 Å². The quantitative estimate of drug-likeness (QED) is 0.494. The van der Waals surface area contributed by atoms with Crippen LogP contribution >= 0.6 is 0 Å². The van der Waals surface area contributed by atoms with Gasteiger partial charge in [0, 0.05) is 0 Å². The molecule has 0 aromatic heterocycles. The SMILES string of the molecule is CC(C)C[SiH2]O. The van der Waals surface area contributed by atoms with E-state index in [1.165, 1.54) is 0 Å². The van der Waals surface area contributed by atoms with Crippen LogP contribution in [0.15, 0.2) is 0 Å². The summed E-state index contributed by atoms with van der Waals surface area (Å²) in [7, 11) is -0.633. The van der Waals surface area contributed by atoms with Crippen molar-refractivity contribution >= 4 is 9.76 Å². The Kier molecular flexibility index (Phi) is 3.47. The second kappa shape index (κ2) is 3.37. The third-order valence-corrected chi connectivity index (χ3v) is 2.12. The van der Waals surface area contributed by atoms with E-state index in [2.05, 4.69) is 13.8 Å². The highest BCUT2D eigenvalue weighted by molar-refractivity contribution is 6.25. The van der Waals surface area contributed by atoms with Gasteiger partial charge in [-0.2, -0.15) is 0 Å². The molecule has 0 aromatic rings. The maximum absolute atomic E-state index is 8.38. The van der Waals surface area contributed by atoms with Crippen molar-refractivity contribution in [1.29, 1.82) is 0 Å². The summed E-state index contributed by atoms with van der Waals surface area (Å²) in [5.74, 6) is 0.710. The van der Waals surface area contributed by atoms with Crippen molar-refractivity contribution in [2.24, 2.45) is 5.92 Å². The average Bonchev–Trinajstić information content (AvgIpc) is 1.35. The Morgan fingerprint density at radius 1 is 1.67 bits per heavy atom. The second-order valence-corrected chi connectivity index (χ2v) is 2.93. The van der Waals surface area contributed by atoms with Crippen LogP contribution in [0.1, 0.15) is 13.8 Å². The Labute approximate surface area is 41.3 Å². The Morgan fingerprint density at radius 3 is 2.17 bits per heavy atom. The van der Waals surface area contributed by atoms with Gasteiger partial charge in [-0.3, -0.25) is 0 Å². The van der Waals surface area contributed by atoms with Crippen LogP contribution in [-0.4, -0.2) is 14.6 Å². The van der Waals surface area contributed by atoms with Crippen molar-refractivity contribution in [1.82, 2.24) is 0 Å². The third kappa shape index (κ3) is 4.18. The molecule has 2 heteroatoms. The normalized spacial score (nSPS) is 12.0. The zero-order valence-electron chi connectivity index (χ0n) is 4.44. The van der Waals surface area contributed by atoms with Gasteiger partial charge in [0.1, 0.15) is 0 Å². The molecule has 1 N–H and O–H groups in total. The van der Waals surface area contributed by atoms with E-state index < -0.39 is 9.76 Å². The zero-order chi connectivity index (χ0) is 4.99. The number of hydrogen-bond donors (Lipinski definition) is 1. The summed E-state index contributed by atoms with van der Waals surface area (Å²) < 4.78 is 0. The smallest absolute Gasteiger partial charge is 0.157 e. The van der Waals surface area contributed by atoms with Gasteiger partial charge >= 0.3 is 0 Å². The van der Waals surface area contributed by atoms with Gasteiger partial charge in [0.2, 0.25) is 0 Å². The molecule has 6 heavy (non-hydrogen) atoms. The molecular formula is C4H12OSi. The largest absolute Gasteiger partial charge is 0.438 e. The summed E-state index contributed by atoms with van der Waals surface area (Å²) >= 11 is 0. The predicted molar refractivity (Wildman–Crippen MR) is 30.4 cm³/mol. The predicted octanol–water partition coefficient (Wildman–Crippen LogP) is 0.137. The first-order chi connectivity index (χ1) is 2.77. The molecule has 0 spiro atoms. The topological polar surface area (TPSA) is 20.2 Å². The fourth-order valence-corrected chi connectivity index (χ4v) is 0.775. The maximum atomic E-state index is 8.38. The standard InChI is InChI=1S/C4H12OSi/c1-4(2)3-6-5/h4-5H,3,6H2,1-2H3. The van der Waals surface area contributed by atoms with E-state index in [0.717, 1.165) is 6.04 Å². The van der Waals surface area contributed by atoms with E-state index in [-0.39, 0.29) is 0 Å². The van der Waals surface area contributed by atoms with Gasteiger partial charge in [-0.05, 0) is 12.0 Å². The second-order valence-electron chi connectivity index (χ2n) is 1.91. The number of hydrogen-bond acceptors (Lipinski definition) is 1. The molecule has 0 atom stereocenters. The van der Waals surface area contributed by atoms with Crippen molar-refractivity contribution in [3.8, 4) is 0 Å². The van der Waals surface area contributed by atoms with Crippen LogP contribution < -0.4 is 0 Å². The van der Waals surface area contributed by atoms with Crippen LogP contribution in [-0.2, 0) is 0 Å². The molecule has 0 unspecified atom stereocenters. The lowest BCUT2D eigenvalue weighted by Crippen LogP contribution is -1.92. The molecule has 1 nitrogen and oxygen atoms in total. The first-order valence-electron chi connectivity index (χ1n) is 2.38. The van der Waals surface area contributed by atoms with Crippen LogP contribution in [0.5, 0.6) is 0 Å². The molecule has 0 saturated carbocycles. The van der Waals surface area contributed by atoms with Crippen LogP contribution in [0, 0.1) is 5.92 Å². The van der Waals surface area contributed by atoms with Gasteiger partial charge in [0.15, 0.2) is 9.76 Å². The number of rotatable bonds is 2. The van der Waals surface area contributed by atoms with E-state index in [4.69, 9.17) is 4.80 Å². The molecule has 0 heterocycles. The Balaban J connectivity index is 2.63. The Bertz CT molecular complexity index is 28.7. The molecule has 0 fully saturated rings. The monoisotopic (exact) mass is 104 g/mol. The molecule has 0 aliphatic rings. The first-order valence-corrected chi connectivity index (χ1v) is 4.01. The van der Waals surface area contributed by atoms with E-state index in [0.29, 0.717) is 5.92 Å². The van der Waals surface area contributed by atoms with Gasteiger partial charge in [-0.1, -0.05) is 13.8 Å². The lowest BCUT2D eigenvalue weighted by molar-refractivity contribution is 0.578. The summed E-state index contributed by atoms with van der Waals surface area (Å²) in [5.41, 5.74) is 0. The third-order valence-electron chi connectivity index (χ3n) is 0.706. The van der Waals surface area contributed by atoms with Gasteiger partial charge in [-0.15, -0.1) is 0 Å². The van der Waals surface area contributed by atoms with Crippen LogP contribution in [0.25, 0.3) is 0 Å². The molecule has 38 valence electrons.